The molecule has 0 radical (unpaired) electrons. The lowest BCUT2D eigenvalue weighted by Crippen LogP contribution is -2.50. The average Bonchev–Trinajstić information content (AvgIpc) is 2.89. The third kappa shape index (κ3) is 5.23. The first kappa shape index (κ1) is 24.5. The van der Waals surface area contributed by atoms with Crippen LogP contribution >= 0.6 is 11.6 Å². The lowest BCUT2D eigenvalue weighted by atomic mass is 9.92. The zero-order valence-electron chi connectivity index (χ0n) is 19.8. The first-order valence-corrected chi connectivity index (χ1v) is 12.1. The van der Waals surface area contributed by atoms with E-state index in [1.807, 2.05) is 38.1 Å². The molecule has 0 spiro atoms. The summed E-state index contributed by atoms with van der Waals surface area (Å²) >= 11 is 6.30. The minimum Gasteiger partial charge on any atom is -0.339 e. The van der Waals surface area contributed by atoms with Crippen molar-refractivity contribution in [3.8, 4) is 0 Å². The van der Waals surface area contributed by atoms with Crippen molar-refractivity contribution in [2.45, 2.75) is 32.9 Å². The van der Waals surface area contributed by atoms with Gasteiger partial charge in [0.2, 0.25) is 5.91 Å². The fraction of sp³-hybridized carbons (Fsp3) is 0.250. The average molecular weight is 490 g/mol. The van der Waals surface area contributed by atoms with Crippen LogP contribution in [0.2, 0.25) is 5.02 Å². The Hall–Kier alpha value is -3.64. The summed E-state index contributed by atoms with van der Waals surface area (Å²) in [4.78, 5) is 42.8. The van der Waals surface area contributed by atoms with E-state index in [1.165, 1.54) is 0 Å². The van der Waals surface area contributed by atoms with E-state index in [9.17, 15) is 14.4 Å². The molecule has 0 saturated carbocycles. The van der Waals surface area contributed by atoms with Crippen molar-refractivity contribution in [3.63, 3.8) is 0 Å². The number of hydrogen-bond donors (Lipinski definition) is 1. The molecule has 3 aromatic carbocycles. The van der Waals surface area contributed by atoms with Gasteiger partial charge >= 0.3 is 0 Å². The first-order valence-electron chi connectivity index (χ1n) is 11.7. The van der Waals surface area contributed by atoms with Gasteiger partial charge in [-0.3, -0.25) is 14.4 Å². The van der Waals surface area contributed by atoms with Crippen LogP contribution in [-0.4, -0.2) is 46.7 Å². The number of halogens is 1. The van der Waals surface area contributed by atoms with Gasteiger partial charge in [-0.25, -0.2) is 0 Å². The van der Waals surface area contributed by atoms with Crippen molar-refractivity contribution in [2.75, 3.05) is 18.4 Å². The van der Waals surface area contributed by atoms with Crippen molar-refractivity contribution >= 4 is 35.0 Å². The standard InChI is InChI=1S/C28H28ClN3O3/c1-3-31(4-2)27(34)19-13-15-22(16-14-19)30-26(33)25-17-20-9-5-6-10-21(20)18-32(25)28(35)23-11-7-8-12-24(23)29/h5-16,25H,3-4,17-18H2,1-2H3,(H,30,33). The van der Waals surface area contributed by atoms with Gasteiger partial charge in [-0.15, -0.1) is 0 Å². The molecule has 0 aromatic heterocycles. The summed E-state index contributed by atoms with van der Waals surface area (Å²) in [6.07, 6.45) is 0.400. The van der Waals surface area contributed by atoms with Crippen LogP contribution in [0.25, 0.3) is 0 Å². The maximum absolute atomic E-state index is 13.5. The molecule has 6 nitrogen and oxygen atoms in total. The number of anilines is 1. The van der Waals surface area contributed by atoms with Crippen LogP contribution in [0.1, 0.15) is 45.7 Å². The molecule has 1 N–H and O–H groups in total. The minimum atomic E-state index is -0.703. The topological polar surface area (TPSA) is 69.7 Å². The molecule has 3 amide bonds. The molecule has 0 aliphatic carbocycles. The van der Waals surface area contributed by atoms with Gasteiger partial charge in [0, 0.05) is 37.3 Å². The van der Waals surface area contributed by atoms with Gasteiger partial charge in [-0.1, -0.05) is 48.0 Å². The Bertz CT molecular complexity index is 1240. The van der Waals surface area contributed by atoms with E-state index in [4.69, 9.17) is 11.6 Å². The van der Waals surface area contributed by atoms with E-state index in [0.29, 0.717) is 47.9 Å². The van der Waals surface area contributed by atoms with Crippen molar-refractivity contribution in [2.24, 2.45) is 0 Å². The number of nitrogens with zero attached hydrogens (tertiary/aromatic N) is 2. The highest BCUT2D eigenvalue weighted by Crippen LogP contribution is 2.28. The smallest absolute Gasteiger partial charge is 0.256 e. The van der Waals surface area contributed by atoms with Crippen LogP contribution in [0.4, 0.5) is 5.69 Å². The molecule has 0 bridgehead atoms. The second kappa shape index (κ2) is 10.7. The monoisotopic (exact) mass is 489 g/mol. The molecule has 3 aromatic rings. The summed E-state index contributed by atoms with van der Waals surface area (Å²) in [5, 5.41) is 3.28. The molecular weight excluding hydrogens is 462 g/mol. The molecule has 4 rings (SSSR count). The fourth-order valence-electron chi connectivity index (χ4n) is 4.38. The van der Waals surface area contributed by atoms with E-state index in [-0.39, 0.29) is 17.7 Å². The first-order chi connectivity index (χ1) is 16.9. The summed E-state index contributed by atoms with van der Waals surface area (Å²) < 4.78 is 0. The number of rotatable bonds is 6. The highest BCUT2D eigenvalue weighted by Gasteiger charge is 2.35. The van der Waals surface area contributed by atoms with Crippen LogP contribution in [-0.2, 0) is 17.8 Å². The molecular formula is C28H28ClN3O3. The Morgan fingerprint density at radius 3 is 2.20 bits per heavy atom. The SMILES string of the molecule is CCN(CC)C(=O)c1ccc(NC(=O)C2Cc3ccccc3CN2C(=O)c2ccccc2Cl)cc1. The lowest BCUT2D eigenvalue weighted by Gasteiger charge is -2.36. The predicted molar refractivity (Wildman–Crippen MR) is 138 cm³/mol. The van der Waals surface area contributed by atoms with E-state index >= 15 is 0 Å². The molecule has 0 fully saturated rings. The summed E-state index contributed by atoms with van der Waals surface area (Å²) in [5.41, 5.74) is 3.54. The molecule has 0 saturated heterocycles. The molecule has 7 heteroatoms. The van der Waals surface area contributed by atoms with Crippen LogP contribution in [0.5, 0.6) is 0 Å². The molecule has 1 atom stereocenters. The number of amides is 3. The summed E-state index contributed by atoms with van der Waals surface area (Å²) in [7, 11) is 0. The maximum Gasteiger partial charge on any atom is 0.256 e. The number of carbonyl (C=O) groups is 3. The lowest BCUT2D eigenvalue weighted by molar-refractivity contribution is -0.121. The van der Waals surface area contributed by atoms with Crippen LogP contribution in [0, 0.1) is 0 Å². The van der Waals surface area contributed by atoms with Crippen molar-refractivity contribution in [1.82, 2.24) is 9.80 Å². The Labute approximate surface area is 210 Å². The molecule has 1 aliphatic heterocycles. The molecule has 180 valence electrons. The van der Waals surface area contributed by atoms with E-state index in [1.54, 1.807) is 58.3 Å². The van der Waals surface area contributed by atoms with E-state index in [2.05, 4.69) is 5.32 Å². The third-order valence-corrected chi connectivity index (χ3v) is 6.70. The van der Waals surface area contributed by atoms with Gasteiger partial charge < -0.3 is 15.1 Å². The van der Waals surface area contributed by atoms with Gasteiger partial charge in [0.05, 0.1) is 10.6 Å². The summed E-state index contributed by atoms with van der Waals surface area (Å²) in [6, 6.07) is 20.8. The fourth-order valence-corrected chi connectivity index (χ4v) is 4.59. The third-order valence-electron chi connectivity index (χ3n) is 6.37. The zero-order chi connectivity index (χ0) is 24.9. The van der Waals surface area contributed by atoms with Gasteiger partial charge in [0.1, 0.15) is 6.04 Å². The Balaban J connectivity index is 1.57. The van der Waals surface area contributed by atoms with Crippen molar-refractivity contribution in [1.29, 1.82) is 0 Å². The quantitative estimate of drug-likeness (QED) is 0.528. The minimum absolute atomic E-state index is 0.0479. The molecule has 1 heterocycles. The Kier molecular flexibility index (Phi) is 7.51. The highest BCUT2D eigenvalue weighted by atomic mass is 35.5. The number of carbonyl (C=O) groups excluding carboxylic acids is 3. The second-order valence-corrected chi connectivity index (χ2v) is 8.85. The maximum atomic E-state index is 13.5. The highest BCUT2D eigenvalue weighted by molar-refractivity contribution is 6.33. The Morgan fingerprint density at radius 2 is 1.54 bits per heavy atom. The predicted octanol–water partition coefficient (Wildman–Crippen LogP) is 5.03. The normalized spacial score (nSPS) is 14.7. The summed E-state index contributed by atoms with van der Waals surface area (Å²) in [6.45, 7) is 5.45. The number of nitrogens with one attached hydrogen (secondary N) is 1. The zero-order valence-corrected chi connectivity index (χ0v) is 20.6. The molecule has 35 heavy (non-hydrogen) atoms. The summed E-state index contributed by atoms with van der Waals surface area (Å²) in [5.74, 6) is -0.624. The van der Waals surface area contributed by atoms with E-state index in [0.717, 1.165) is 11.1 Å². The van der Waals surface area contributed by atoms with Crippen molar-refractivity contribution < 1.29 is 14.4 Å². The van der Waals surface area contributed by atoms with Gasteiger partial charge in [0.15, 0.2) is 0 Å². The largest absolute Gasteiger partial charge is 0.339 e. The number of hydrogen-bond acceptors (Lipinski definition) is 3. The molecule has 1 unspecified atom stereocenters. The van der Waals surface area contributed by atoms with Crippen molar-refractivity contribution in [3.05, 3.63) is 100 Å². The van der Waals surface area contributed by atoms with Crippen LogP contribution < -0.4 is 5.32 Å². The van der Waals surface area contributed by atoms with Gasteiger partial charge in [-0.05, 0) is 61.4 Å². The second-order valence-electron chi connectivity index (χ2n) is 8.45. The number of benzene rings is 3. The van der Waals surface area contributed by atoms with Crippen LogP contribution in [0.3, 0.4) is 0 Å². The Morgan fingerprint density at radius 1 is 0.914 bits per heavy atom. The molecule has 1 aliphatic rings. The van der Waals surface area contributed by atoms with E-state index < -0.39 is 6.04 Å². The number of fused-ring (bicyclic) bond motifs is 1. The van der Waals surface area contributed by atoms with Gasteiger partial charge in [-0.2, -0.15) is 0 Å². The van der Waals surface area contributed by atoms with Gasteiger partial charge in [0.25, 0.3) is 11.8 Å². The van der Waals surface area contributed by atoms with Crippen LogP contribution in [0.15, 0.2) is 72.8 Å².